The van der Waals surface area contributed by atoms with E-state index in [0.29, 0.717) is 5.57 Å². The van der Waals surface area contributed by atoms with Gasteiger partial charge in [0.2, 0.25) is 0 Å². The molecule has 1 aliphatic heterocycles. The average molecular weight is 233 g/mol. The van der Waals surface area contributed by atoms with E-state index >= 15 is 0 Å². The summed E-state index contributed by atoms with van der Waals surface area (Å²) in [5.41, 5.74) is 1.17. The van der Waals surface area contributed by atoms with Crippen LogP contribution in [0.3, 0.4) is 0 Å². The smallest absolute Gasteiger partial charge is 0.257 e. The van der Waals surface area contributed by atoms with E-state index in [9.17, 15) is 14.0 Å². The molecule has 0 saturated heterocycles. The summed E-state index contributed by atoms with van der Waals surface area (Å²) in [7, 11) is 0. The first-order valence-corrected chi connectivity index (χ1v) is 5.32. The van der Waals surface area contributed by atoms with Crippen molar-refractivity contribution in [3.8, 4) is 0 Å². The minimum Gasteiger partial charge on any atom is -0.269 e. The molecule has 3 nitrogen and oxygen atoms in total. The third-order valence-electron chi connectivity index (χ3n) is 2.87. The lowest BCUT2D eigenvalue weighted by Crippen LogP contribution is -2.33. The zero-order chi connectivity index (χ0) is 12.6. The van der Waals surface area contributed by atoms with Crippen LogP contribution in [0, 0.1) is 5.82 Å². The molecule has 1 aromatic rings. The quantitative estimate of drug-likeness (QED) is 0.734. The second-order valence-electron chi connectivity index (χ2n) is 4.07. The van der Waals surface area contributed by atoms with Crippen LogP contribution < -0.4 is 0 Å². The maximum atomic E-state index is 12.8. The fraction of sp³-hybridized carbons (Fsp3) is 0.231. The van der Waals surface area contributed by atoms with Gasteiger partial charge in [0.15, 0.2) is 0 Å². The number of carbonyl (C=O) groups excluding carboxylic acids is 2. The molecule has 2 rings (SSSR count). The van der Waals surface area contributed by atoms with Gasteiger partial charge in [0, 0.05) is 11.6 Å². The molecule has 1 aromatic carbocycles. The standard InChI is InChI=1S/C13H12FNO2/c1-8-7-12(16)15(13(8)17)9(2)10-3-5-11(14)6-4-10/h3-7,9H,1-2H3/t9-/m1/s1. The van der Waals surface area contributed by atoms with Crippen molar-refractivity contribution in [1.82, 2.24) is 4.90 Å². The molecule has 1 heterocycles. The summed E-state index contributed by atoms with van der Waals surface area (Å²) in [5.74, 6) is -0.939. The molecule has 0 aromatic heterocycles. The van der Waals surface area contributed by atoms with Gasteiger partial charge in [-0.05, 0) is 31.5 Å². The SMILES string of the molecule is CC1=CC(=O)N([C@H](C)c2ccc(F)cc2)C1=O. The van der Waals surface area contributed by atoms with E-state index in [2.05, 4.69) is 0 Å². The molecule has 0 spiro atoms. The van der Waals surface area contributed by atoms with Crippen molar-refractivity contribution in [2.24, 2.45) is 0 Å². The van der Waals surface area contributed by atoms with Crippen LogP contribution in [0.15, 0.2) is 35.9 Å². The van der Waals surface area contributed by atoms with E-state index in [0.717, 1.165) is 5.56 Å². The Morgan fingerprint density at radius 3 is 2.24 bits per heavy atom. The second-order valence-corrected chi connectivity index (χ2v) is 4.07. The molecule has 1 atom stereocenters. The van der Waals surface area contributed by atoms with Crippen LogP contribution in [0.2, 0.25) is 0 Å². The molecule has 0 radical (unpaired) electrons. The zero-order valence-electron chi connectivity index (χ0n) is 9.61. The Hall–Kier alpha value is -1.97. The van der Waals surface area contributed by atoms with Crippen LogP contribution in [0.4, 0.5) is 4.39 Å². The molecule has 2 amide bonds. The summed E-state index contributed by atoms with van der Waals surface area (Å²) in [4.78, 5) is 24.6. The van der Waals surface area contributed by atoms with Gasteiger partial charge in [-0.2, -0.15) is 0 Å². The van der Waals surface area contributed by atoms with Gasteiger partial charge < -0.3 is 0 Å². The number of hydrogen-bond acceptors (Lipinski definition) is 2. The largest absolute Gasteiger partial charge is 0.269 e. The molecular weight excluding hydrogens is 221 g/mol. The van der Waals surface area contributed by atoms with E-state index < -0.39 is 0 Å². The monoisotopic (exact) mass is 233 g/mol. The number of imide groups is 1. The van der Waals surface area contributed by atoms with Crippen molar-refractivity contribution in [2.45, 2.75) is 19.9 Å². The first-order chi connectivity index (χ1) is 8.00. The lowest BCUT2D eigenvalue weighted by Gasteiger charge is -2.23. The van der Waals surface area contributed by atoms with Gasteiger partial charge in [-0.25, -0.2) is 4.39 Å². The van der Waals surface area contributed by atoms with Crippen molar-refractivity contribution >= 4 is 11.8 Å². The van der Waals surface area contributed by atoms with Crippen LogP contribution in [-0.2, 0) is 9.59 Å². The average Bonchev–Trinajstić information content (AvgIpc) is 2.53. The number of rotatable bonds is 2. The Balaban J connectivity index is 2.27. The first kappa shape index (κ1) is 11.5. The van der Waals surface area contributed by atoms with Crippen molar-refractivity contribution in [2.75, 3.05) is 0 Å². The van der Waals surface area contributed by atoms with Crippen LogP contribution >= 0.6 is 0 Å². The second kappa shape index (κ2) is 4.13. The molecule has 0 saturated carbocycles. The van der Waals surface area contributed by atoms with Crippen LogP contribution in [0.25, 0.3) is 0 Å². The molecule has 0 bridgehead atoms. The van der Waals surface area contributed by atoms with Crippen molar-refractivity contribution in [1.29, 1.82) is 0 Å². The van der Waals surface area contributed by atoms with E-state index in [-0.39, 0.29) is 23.7 Å². The van der Waals surface area contributed by atoms with E-state index in [4.69, 9.17) is 0 Å². The van der Waals surface area contributed by atoms with Gasteiger partial charge in [0.25, 0.3) is 11.8 Å². The van der Waals surface area contributed by atoms with Gasteiger partial charge in [0.05, 0.1) is 6.04 Å². The number of nitrogens with zero attached hydrogens (tertiary/aromatic N) is 1. The fourth-order valence-electron chi connectivity index (χ4n) is 1.86. The van der Waals surface area contributed by atoms with Crippen molar-refractivity contribution < 1.29 is 14.0 Å². The number of benzene rings is 1. The third kappa shape index (κ3) is 1.98. The van der Waals surface area contributed by atoms with Crippen LogP contribution in [0.5, 0.6) is 0 Å². The lowest BCUT2D eigenvalue weighted by atomic mass is 10.1. The highest BCUT2D eigenvalue weighted by Crippen LogP contribution is 2.26. The maximum Gasteiger partial charge on any atom is 0.257 e. The third-order valence-corrected chi connectivity index (χ3v) is 2.87. The molecular formula is C13H12FNO2. The molecule has 88 valence electrons. The van der Waals surface area contributed by atoms with Gasteiger partial charge in [-0.3, -0.25) is 14.5 Å². The Labute approximate surface area is 98.5 Å². The van der Waals surface area contributed by atoms with Gasteiger partial charge in [-0.15, -0.1) is 0 Å². The number of carbonyl (C=O) groups is 2. The highest BCUT2D eigenvalue weighted by molar-refractivity contribution is 6.16. The van der Waals surface area contributed by atoms with Gasteiger partial charge >= 0.3 is 0 Å². The topological polar surface area (TPSA) is 37.4 Å². The molecule has 17 heavy (non-hydrogen) atoms. The summed E-state index contributed by atoms with van der Waals surface area (Å²) >= 11 is 0. The number of amides is 2. The Morgan fingerprint density at radius 1 is 1.18 bits per heavy atom. The van der Waals surface area contributed by atoms with Crippen LogP contribution in [-0.4, -0.2) is 16.7 Å². The molecule has 0 N–H and O–H groups in total. The highest BCUT2D eigenvalue weighted by atomic mass is 19.1. The molecule has 1 aliphatic rings. The van der Waals surface area contributed by atoms with Gasteiger partial charge in [-0.1, -0.05) is 12.1 Å². The van der Waals surface area contributed by atoms with Gasteiger partial charge in [0.1, 0.15) is 5.82 Å². The maximum absolute atomic E-state index is 12.8. The molecule has 0 aliphatic carbocycles. The Bertz CT molecular complexity index is 505. The Kier molecular flexibility index (Phi) is 2.79. The molecule has 0 fully saturated rings. The number of hydrogen-bond donors (Lipinski definition) is 0. The minimum atomic E-state index is -0.385. The summed E-state index contributed by atoms with van der Waals surface area (Å²) in [6.45, 7) is 3.35. The fourth-order valence-corrected chi connectivity index (χ4v) is 1.86. The summed E-state index contributed by atoms with van der Waals surface area (Å²) in [6.07, 6.45) is 1.32. The van der Waals surface area contributed by atoms with E-state index in [1.165, 1.54) is 23.1 Å². The predicted octanol–water partition coefficient (Wildman–Crippen LogP) is 2.20. The summed E-state index contributed by atoms with van der Waals surface area (Å²) in [6, 6.07) is 5.40. The highest BCUT2D eigenvalue weighted by Gasteiger charge is 2.32. The van der Waals surface area contributed by atoms with Crippen molar-refractivity contribution in [3.63, 3.8) is 0 Å². The van der Waals surface area contributed by atoms with E-state index in [1.54, 1.807) is 26.0 Å². The van der Waals surface area contributed by atoms with E-state index in [1.807, 2.05) is 0 Å². The normalized spacial score (nSPS) is 17.4. The minimum absolute atomic E-state index is 0.285. The first-order valence-electron chi connectivity index (χ1n) is 5.32. The number of halogens is 1. The summed E-state index contributed by atoms with van der Waals surface area (Å²) < 4.78 is 12.8. The molecule has 0 unspecified atom stereocenters. The molecule has 4 heteroatoms. The lowest BCUT2D eigenvalue weighted by molar-refractivity contribution is -0.139. The zero-order valence-corrected chi connectivity index (χ0v) is 9.61. The Morgan fingerprint density at radius 2 is 1.76 bits per heavy atom. The van der Waals surface area contributed by atoms with Crippen molar-refractivity contribution in [3.05, 3.63) is 47.3 Å². The predicted molar refractivity (Wildman–Crippen MR) is 60.4 cm³/mol. The summed E-state index contributed by atoms with van der Waals surface area (Å²) in [5, 5.41) is 0. The van der Waals surface area contributed by atoms with Crippen LogP contribution in [0.1, 0.15) is 25.5 Å².